The summed E-state index contributed by atoms with van der Waals surface area (Å²) >= 11 is 0. The molecule has 5 rings (SSSR count). The highest BCUT2D eigenvalue weighted by atomic mass is 19.4. The molecule has 192 valence electrons. The summed E-state index contributed by atoms with van der Waals surface area (Å²) in [6, 6.07) is 16.3. The molecule has 0 radical (unpaired) electrons. The summed E-state index contributed by atoms with van der Waals surface area (Å²) in [4.78, 5) is 24.4. The van der Waals surface area contributed by atoms with Gasteiger partial charge in [0.1, 0.15) is 18.0 Å². The van der Waals surface area contributed by atoms with E-state index in [-0.39, 0.29) is 23.4 Å². The molecule has 9 nitrogen and oxygen atoms in total. The van der Waals surface area contributed by atoms with Crippen molar-refractivity contribution in [3.05, 3.63) is 90.6 Å². The molecule has 39 heavy (non-hydrogen) atoms. The quantitative estimate of drug-likeness (QED) is 0.323. The smallest absolute Gasteiger partial charge is 0.346 e. The van der Waals surface area contributed by atoms with Crippen LogP contribution in [0.5, 0.6) is 0 Å². The number of H-pyrrole nitrogens is 1. The third-order valence-electron chi connectivity index (χ3n) is 5.97. The van der Waals surface area contributed by atoms with Crippen molar-refractivity contribution in [3.63, 3.8) is 0 Å². The second-order valence-corrected chi connectivity index (χ2v) is 8.49. The Bertz CT molecular complexity index is 1760. The summed E-state index contributed by atoms with van der Waals surface area (Å²) in [7, 11) is 0. The van der Waals surface area contributed by atoms with E-state index < -0.39 is 18.1 Å². The number of nitriles is 2. The lowest BCUT2D eigenvalue weighted by atomic mass is 10.1. The zero-order valence-corrected chi connectivity index (χ0v) is 20.0. The number of alkyl halides is 3. The molecule has 3 aromatic heterocycles. The predicted molar refractivity (Wildman–Crippen MR) is 134 cm³/mol. The number of carbonyl (C=O) groups excluding carboxylic acids is 1. The lowest BCUT2D eigenvalue weighted by Gasteiger charge is -2.25. The maximum Gasteiger partial charge on any atom is 0.472 e. The van der Waals surface area contributed by atoms with Crippen LogP contribution >= 0.6 is 0 Å². The van der Waals surface area contributed by atoms with Crippen molar-refractivity contribution in [1.29, 1.82) is 10.5 Å². The van der Waals surface area contributed by atoms with Gasteiger partial charge >= 0.3 is 12.1 Å². The molecule has 0 saturated carbocycles. The van der Waals surface area contributed by atoms with Gasteiger partial charge < -0.3 is 4.98 Å². The third-order valence-corrected chi connectivity index (χ3v) is 5.97. The summed E-state index contributed by atoms with van der Waals surface area (Å²) in [5, 5.41) is 24.2. The summed E-state index contributed by atoms with van der Waals surface area (Å²) < 4.78 is 42.1. The molecule has 0 spiro atoms. The number of amides is 1. The molecule has 12 heteroatoms. The van der Waals surface area contributed by atoms with Crippen LogP contribution in [0.25, 0.3) is 22.3 Å². The van der Waals surface area contributed by atoms with Gasteiger partial charge in [0.25, 0.3) is 0 Å². The van der Waals surface area contributed by atoms with Crippen LogP contribution in [0, 0.1) is 22.7 Å². The highest BCUT2D eigenvalue weighted by molar-refractivity contribution is 6.03. The van der Waals surface area contributed by atoms with Crippen LogP contribution in [-0.4, -0.2) is 36.8 Å². The molecule has 5 aromatic rings. The molecule has 3 heterocycles. The summed E-state index contributed by atoms with van der Waals surface area (Å²) in [5.41, 5.74) is 2.38. The minimum Gasteiger partial charge on any atom is -0.346 e. The molecule has 0 bridgehead atoms. The third kappa shape index (κ3) is 5.04. The largest absolute Gasteiger partial charge is 0.472 e. The van der Waals surface area contributed by atoms with Gasteiger partial charge in [0.15, 0.2) is 0 Å². The number of aromatic amines is 1. The van der Waals surface area contributed by atoms with E-state index in [4.69, 9.17) is 0 Å². The van der Waals surface area contributed by atoms with Gasteiger partial charge in [0.05, 0.1) is 35.3 Å². The average Bonchev–Trinajstić information content (AvgIpc) is 3.62. The van der Waals surface area contributed by atoms with Gasteiger partial charge in [-0.2, -0.15) is 28.8 Å². The zero-order chi connectivity index (χ0) is 27.6. The van der Waals surface area contributed by atoms with Crippen LogP contribution in [0.4, 0.5) is 24.5 Å². The Morgan fingerprint density at radius 3 is 2.59 bits per heavy atom. The standard InChI is InChI=1S/C27H17F3N8O/c28-27(29,30)26(39)38(21-6-2-4-18(11-21)12-31)20-5-1-3-17(9-20)10-22(13-32)37-15-19(14-36-37)24-23-7-8-33-25(23)35-16-34-24/h1-9,11,14-16,22H,10H2,(H,33,34,35). The van der Waals surface area contributed by atoms with Crippen molar-refractivity contribution in [3.8, 4) is 23.4 Å². The molecular formula is C27H17F3N8O. The Morgan fingerprint density at radius 2 is 1.85 bits per heavy atom. The molecule has 0 aliphatic carbocycles. The Balaban J connectivity index is 1.46. The van der Waals surface area contributed by atoms with E-state index in [1.165, 1.54) is 53.5 Å². The number of hydrogen-bond donors (Lipinski definition) is 1. The fourth-order valence-electron chi connectivity index (χ4n) is 4.20. The van der Waals surface area contributed by atoms with Crippen LogP contribution in [0.1, 0.15) is 17.2 Å². The first-order valence-corrected chi connectivity index (χ1v) is 11.5. The molecule has 0 saturated heterocycles. The molecule has 1 unspecified atom stereocenters. The first-order valence-electron chi connectivity index (χ1n) is 11.5. The zero-order valence-electron chi connectivity index (χ0n) is 20.0. The molecular weight excluding hydrogens is 509 g/mol. The first-order chi connectivity index (χ1) is 18.8. The van der Waals surface area contributed by atoms with E-state index >= 15 is 0 Å². The highest BCUT2D eigenvalue weighted by Gasteiger charge is 2.43. The molecule has 0 aliphatic heterocycles. The number of hydrogen-bond acceptors (Lipinski definition) is 6. The van der Waals surface area contributed by atoms with Gasteiger partial charge in [-0.1, -0.05) is 18.2 Å². The van der Waals surface area contributed by atoms with E-state index in [2.05, 4.69) is 26.1 Å². The SMILES string of the molecule is N#Cc1cccc(N(C(=O)C(F)(F)F)c2cccc(CC(C#N)n3cc(-c4ncnc5[nH]ccc45)cn3)c2)c1. The van der Waals surface area contributed by atoms with Gasteiger partial charge in [0.2, 0.25) is 0 Å². The number of anilines is 2. The van der Waals surface area contributed by atoms with Gasteiger partial charge in [-0.3, -0.25) is 14.4 Å². The van der Waals surface area contributed by atoms with Crippen molar-refractivity contribution in [1.82, 2.24) is 24.7 Å². The molecule has 0 aliphatic rings. The second kappa shape index (κ2) is 10.1. The number of benzene rings is 2. The van der Waals surface area contributed by atoms with Crippen LogP contribution in [0.3, 0.4) is 0 Å². The maximum absolute atomic E-state index is 13.5. The van der Waals surface area contributed by atoms with Crippen molar-refractivity contribution in [2.45, 2.75) is 18.6 Å². The fraction of sp³-hybridized carbons (Fsp3) is 0.111. The first kappa shape index (κ1) is 25.2. The predicted octanol–water partition coefficient (Wildman–Crippen LogP) is 5.23. The van der Waals surface area contributed by atoms with Gasteiger partial charge in [-0.25, -0.2) is 9.97 Å². The summed E-state index contributed by atoms with van der Waals surface area (Å²) in [6.45, 7) is 0. The maximum atomic E-state index is 13.5. The topological polar surface area (TPSA) is 127 Å². The minimum absolute atomic E-state index is 0.0569. The second-order valence-electron chi connectivity index (χ2n) is 8.49. The monoisotopic (exact) mass is 526 g/mol. The fourth-order valence-corrected chi connectivity index (χ4v) is 4.20. The normalized spacial score (nSPS) is 12.0. The van der Waals surface area contributed by atoms with E-state index in [1.807, 2.05) is 12.1 Å². The summed E-state index contributed by atoms with van der Waals surface area (Å²) in [5.74, 6) is -2.11. The molecule has 1 atom stereocenters. The Labute approximate surface area is 219 Å². The number of carbonyl (C=O) groups is 1. The van der Waals surface area contributed by atoms with Gasteiger partial charge in [-0.15, -0.1) is 0 Å². The van der Waals surface area contributed by atoms with Gasteiger partial charge in [0, 0.05) is 35.5 Å². The Hall–Kier alpha value is -5.49. The number of rotatable bonds is 6. The summed E-state index contributed by atoms with van der Waals surface area (Å²) in [6.07, 6.45) is 1.33. The molecule has 0 fully saturated rings. The number of fused-ring (bicyclic) bond motifs is 1. The van der Waals surface area contributed by atoms with Crippen LogP contribution in [0.15, 0.2) is 79.5 Å². The van der Waals surface area contributed by atoms with Crippen LogP contribution < -0.4 is 4.90 Å². The van der Waals surface area contributed by atoms with Crippen molar-refractivity contribution < 1.29 is 18.0 Å². The van der Waals surface area contributed by atoms with E-state index in [9.17, 15) is 28.5 Å². The number of nitrogens with zero attached hydrogens (tertiary/aromatic N) is 7. The number of halogens is 3. The average molecular weight is 526 g/mol. The van der Waals surface area contributed by atoms with E-state index in [1.54, 1.807) is 24.7 Å². The van der Waals surface area contributed by atoms with E-state index in [0.29, 0.717) is 27.4 Å². The van der Waals surface area contributed by atoms with Crippen molar-refractivity contribution in [2.24, 2.45) is 0 Å². The van der Waals surface area contributed by atoms with Crippen molar-refractivity contribution in [2.75, 3.05) is 4.90 Å². The highest BCUT2D eigenvalue weighted by Crippen LogP contribution is 2.33. The lowest BCUT2D eigenvalue weighted by Crippen LogP contribution is -2.38. The van der Waals surface area contributed by atoms with Crippen LogP contribution in [-0.2, 0) is 11.2 Å². The Kier molecular flexibility index (Phi) is 6.52. The number of nitrogens with one attached hydrogen (secondary N) is 1. The minimum atomic E-state index is -5.16. The van der Waals surface area contributed by atoms with Crippen molar-refractivity contribution >= 4 is 28.3 Å². The molecule has 1 N–H and O–H groups in total. The Morgan fingerprint density at radius 1 is 1.08 bits per heavy atom. The van der Waals surface area contributed by atoms with Crippen LogP contribution in [0.2, 0.25) is 0 Å². The number of aromatic nitrogens is 5. The van der Waals surface area contributed by atoms with E-state index in [0.717, 1.165) is 5.39 Å². The molecule has 2 aromatic carbocycles. The lowest BCUT2D eigenvalue weighted by molar-refractivity contribution is -0.169. The molecule has 1 amide bonds. The van der Waals surface area contributed by atoms with Gasteiger partial charge in [-0.05, 0) is 42.0 Å².